The van der Waals surface area contributed by atoms with Crippen LogP contribution in [0.5, 0.6) is 5.75 Å². The summed E-state index contributed by atoms with van der Waals surface area (Å²) in [5.74, 6) is 0.937. The topological polar surface area (TPSA) is 61.0 Å². The Bertz CT molecular complexity index is 496. The van der Waals surface area contributed by atoms with Crippen LogP contribution in [0.3, 0.4) is 0 Å². The number of nitrogen functional groups attached to an aromatic ring is 1. The number of anilines is 1. The highest BCUT2D eigenvalue weighted by atomic mass is 35.5. The van der Waals surface area contributed by atoms with E-state index in [1.807, 2.05) is 0 Å². The molecule has 2 aromatic rings. The Hall–Kier alpha value is -1.52. The van der Waals surface area contributed by atoms with Crippen molar-refractivity contribution in [2.24, 2.45) is 0 Å². The van der Waals surface area contributed by atoms with Gasteiger partial charge in [0.25, 0.3) is 0 Å². The zero-order valence-electron chi connectivity index (χ0n) is 8.73. The van der Waals surface area contributed by atoms with Crippen LogP contribution in [-0.4, -0.2) is 9.97 Å². The van der Waals surface area contributed by atoms with Gasteiger partial charge in [0.15, 0.2) is 11.6 Å². The van der Waals surface area contributed by atoms with Crippen molar-refractivity contribution in [3.8, 4) is 5.75 Å². The number of hydrogen-bond acceptors (Lipinski definition) is 4. The number of aromatic nitrogens is 2. The molecule has 17 heavy (non-hydrogen) atoms. The van der Waals surface area contributed by atoms with Crippen molar-refractivity contribution in [2.45, 2.75) is 6.61 Å². The van der Waals surface area contributed by atoms with E-state index in [1.54, 1.807) is 30.6 Å². The van der Waals surface area contributed by atoms with Gasteiger partial charge in [0, 0.05) is 18.1 Å². The van der Waals surface area contributed by atoms with Crippen LogP contribution in [0, 0.1) is 0 Å². The van der Waals surface area contributed by atoms with E-state index in [4.69, 9.17) is 33.7 Å². The third kappa shape index (κ3) is 2.99. The second-order valence-corrected chi connectivity index (χ2v) is 4.08. The Morgan fingerprint density at radius 2 is 1.71 bits per heavy atom. The SMILES string of the molecule is Nc1cc(Cl)c(OCc2ncccn2)c(Cl)c1. The van der Waals surface area contributed by atoms with Crippen molar-refractivity contribution in [3.63, 3.8) is 0 Å². The third-order valence-electron chi connectivity index (χ3n) is 1.99. The number of rotatable bonds is 3. The molecule has 0 aliphatic rings. The van der Waals surface area contributed by atoms with E-state index in [-0.39, 0.29) is 6.61 Å². The predicted octanol–water partition coefficient (Wildman–Crippen LogP) is 2.94. The second kappa shape index (κ2) is 5.21. The summed E-state index contributed by atoms with van der Waals surface area (Å²) in [5, 5.41) is 0.733. The van der Waals surface area contributed by atoms with Gasteiger partial charge in [0.05, 0.1) is 10.0 Å². The number of hydrogen-bond donors (Lipinski definition) is 1. The summed E-state index contributed by atoms with van der Waals surface area (Å²) in [6, 6.07) is 4.88. The molecule has 0 atom stereocenters. The Balaban J connectivity index is 2.15. The fourth-order valence-electron chi connectivity index (χ4n) is 1.26. The zero-order chi connectivity index (χ0) is 12.3. The lowest BCUT2D eigenvalue weighted by Gasteiger charge is -2.09. The first-order valence-electron chi connectivity index (χ1n) is 4.80. The maximum absolute atomic E-state index is 5.97. The molecule has 0 saturated heterocycles. The molecule has 0 bridgehead atoms. The zero-order valence-corrected chi connectivity index (χ0v) is 10.2. The Labute approximate surface area is 108 Å². The van der Waals surface area contributed by atoms with Crippen LogP contribution in [0.4, 0.5) is 5.69 Å². The first kappa shape index (κ1) is 12.0. The average Bonchev–Trinajstić information content (AvgIpc) is 2.29. The number of benzene rings is 1. The molecule has 1 aromatic carbocycles. The van der Waals surface area contributed by atoms with Crippen molar-refractivity contribution in [1.29, 1.82) is 0 Å². The van der Waals surface area contributed by atoms with E-state index in [2.05, 4.69) is 9.97 Å². The van der Waals surface area contributed by atoms with E-state index in [0.717, 1.165) is 0 Å². The van der Waals surface area contributed by atoms with Gasteiger partial charge in [0.1, 0.15) is 6.61 Å². The van der Waals surface area contributed by atoms with Crippen molar-refractivity contribution < 1.29 is 4.74 Å². The van der Waals surface area contributed by atoms with Gasteiger partial charge < -0.3 is 10.5 Å². The molecule has 88 valence electrons. The Morgan fingerprint density at radius 1 is 1.12 bits per heavy atom. The van der Waals surface area contributed by atoms with Crippen molar-refractivity contribution >= 4 is 28.9 Å². The highest BCUT2D eigenvalue weighted by Gasteiger charge is 2.09. The van der Waals surface area contributed by atoms with E-state index in [0.29, 0.717) is 27.3 Å². The summed E-state index contributed by atoms with van der Waals surface area (Å²) in [6.07, 6.45) is 3.27. The van der Waals surface area contributed by atoms with Gasteiger partial charge in [-0.25, -0.2) is 9.97 Å². The largest absolute Gasteiger partial charge is 0.482 e. The summed E-state index contributed by atoms with van der Waals surface area (Å²) >= 11 is 11.9. The number of nitrogens with two attached hydrogens (primary N) is 1. The lowest BCUT2D eigenvalue weighted by atomic mass is 10.3. The van der Waals surface area contributed by atoms with Gasteiger partial charge >= 0.3 is 0 Å². The third-order valence-corrected chi connectivity index (χ3v) is 2.55. The molecule has 0 unspecified atom stereocenters. The van der Waals surface area contributed by atoms with Gasteiger partial charge in [0.2, 0.25) is 0 Å². The van der Waals surface area contributed by atoms with E-state index >= 15 is 0 Å². The van der Waals surface area contributed by atoms with Gasteiger partial charge in [-0.1, -0.05) is 23.2 Å². The molecule has 6 heteroatoms. The lowest BCUT2D eigenvalue weighted by Crippen LogP contribution is -2.01. The standard InChI is InChI=1S/C11H9Cl2N3O/c12-8-4-7(14)5-9(13)11(8)17-6-10-15-2-1-3-16-10/h1-5H,6,14H2. The van der Waals surface area contributed by atoms with Crippen LogP contribution in [0.2, 0.25) is 10.0 Å². The molecule has 0 aliphatic heterocycles. The first-order chi connectivity index (χ1) is 8.16. The monoisotopic (exact) mass is 269 g/mol. The average molecular weight is 270 g/mol. The Morgan fingerprint density at radius 3 is 2.29 bits per heavy atom. The minimum absolute atomic E-state index is 0.199. The van der Waals surface area contributed by atoms with Gasteiger partial charge in [-0.3, -0.25) is 0 Å². The van der Waals surface area contributed by atoms with E-state index in [1.165, 1.54) is 0 Å². The van der Waals surface area contributed by atoms with Gasteiger partial charge in [-0.2, -0.15) is 0 Å². The maximum Gasteiger partial charge on any atom is 0.166 e. The molecular weight excluding hydrogens is 261 g/mol. The van der Waals surface area contributed by atoms with Crippen molar-refractivity contribution in [2.75, 3.05) is 5.73 Å². The minimum Gasteiger partial charge on any atom is -0.482 e. The molecule has 0 fully saturated rings. The summed E-state index contributed by atoms with van der Waals surface area (Å²) in [7, 11) is 0. The molecule has 1 aromatic heterocycles. The second-order valence-electron chi connectivity index (χ2n) is 3.27. The van der Waals surface area contributed by atoms with Crippen molar-refractivity contribution in [1.82, 2.24) is 9.97 Å². The van der Waals surface area contributed by atoms with E-state index < -0.39 is 0 Å². The summed E-state index contributed by atoms with van der Waals surface area (Å²) in [4.78, 5) is 8.05. The van der Waals surface area contributed by atoms with Crippen LogP contribution in [0.25, 0.3) is 0 Å². The number of nitrogens with zero attached hydrogens (tertiary/aromatic N) is 2. The van der Waals surface area contributed by atoms with E-state index in [9.17, 15) is 0 Å². The number of ether oxygens (including phenoxy) is 1. The molecule has 0 aliphatic carbocycles. The van der Waals surface area contributed by atoms with Crippen LogP contribution in [0.15, 0.2) is 30.6 Å². The molecule has 0 amide bonds. The predicted molar refractivity (Wildman–Crippen MR) is 67.2 cm³/mol. The molecule has 0 radical (unpaired) electrons. The summed E-state index contributed by atoms with van der Waals surface area (Å²) in [6.45, 7) is 0.199. The maximum atomic E-state index is 5.97. The molecular formula is C11H9Cl2N3O. The fourth-order valence-corrected chi connectivity index (χ4v) is 1.87. The summed E-state index contributed by atoms with van der Waals surface area (Å²) < 4.78 is 5.46. The normalized spacial score (nSPS) is 10.2. The molecule has 4 nitrogen and oxygen atoms in total. The fraction of sp³-hybridized carbons (Fsp3) is 0.0909. The molecule has 0 spiro atoms. The van der Waals surface area contributed by atoms with Crippen LogP contribution in [0.1, 0.15) is 5.82 Å². The highest BCUT2D eigenvalue weighted by Crippen LogP contribution is 2.35. The summed E-state index contributed by atoms with van der Waals surface area (Å²) in [5.41, 5.74) is 6.08. The number of halogens is 2. The van der Waals surface area contributed by atoms with Crippen LogP contribution < -0.4 is 10.5 Å². The molecule has 1 heterocycles. The van der Waals surface area contributed by atoms with Crippen LogP contribution >= 0.6 is 23.2 Å². The quantitative estimate of drug-likeness (QED) is 0.871. The van der Waals surface area contributed by atoms with Gasteiger partial charge in [-0.15, -0.1) is 0 Å². The van der Waals surface area contributed by atoms with Crippen molar-refractivity contribution in [3.05, 3.63) is 46.5 Å². The molecule has 2 rings (SSSR count). The van der Waals surface area contributed by atoms with Crippen LogP contribution in [-0.2, 0) is 6.61 Å². The Kier molecular flexibility index (Phi) is 3.66. The first-order valence-corrected chi connectivity index (χ1v) is 5.55. The minimum atomic E-state index is 0.199. The smallest absolute Gasteiger partial charge is 0.166 e. The molecule has 2 N–H and O–H groups in total. The molecule has 0 saturated carbocycles. The lowest BCUT2D eigenvalue weighted by molar-refractivity contribution is 0.296. The highest BCUT2D eigenvalue weighted by molar-refractivity contribution is 6.37. The van der Waals surface area contributed by atoms with Gasteiger partial charge in [-0.05, 0) is 18.2 Å².